The fourth-order valence-corrected chi connectivity index (χ4v) is 1.26. The average Bonchev–Trinajstić information content (AvgIpc) is 2.30. The zero-order chi connectivity index (χ0) is 11.6. The van der Waals surface area contributed by atoms with Crippen molar-refractivity contribution in [2.75, 3.05) is 31.6 Å². The van der Waals surface area contributed by atoms with Gasteiger partial charge in [-0.1, -0.05) is 6.92 Å². The highest BCUT2D eigenvalue weighted by Gasteiger charge is 1.97. The molecule has 0 unspecified atom stereocenters. The monoisotopic (exact) mass is 224 g/mol. The number of hydrogen-bond acceptors (Lipinski definition) is 5. The highest BCUT2D eigenvalue weighted by atomic mass is 16.5. The van der Waals surface area contributed by atoms with Crippen LogP contribution in [0.1, 0.15) is 20.3 Å². The van der Waals surface area contributed by atoms with Gasteiger partial charge in [0, 0.05) is 6.54 Å². The van der Waals surface area contributed by atoms with Crippen LogP contribution in [0.2, 0.25) is 0 Å². The maximum atomic E-state index is 5.27. The molecular formula is C11H20N4O. The van der Waals surface area contributed by atoms with Crippen LogP contribution in [0.25, 0.3) is 0 Å². The summed E-state index contributed by atoms with van der Waals surface area (Å²) in [5.74, 6) is 1.33. The van der Waals surface area contributed by atoms with Crippen molar-refractivity contribution in [3.8, 4) is 5.88 Å². The Balaban J connectivity index is 2.27. The van der Waals surface area contributed by atoms with Gasteiger partial charge in [-0.25, -0.2) is 0 Å². The van der Waals surface area contributed by atoms with Crippen LogP contribution in [0, 0.1) is 0 Å². The molecule has 0 saturated carbocycles. The van der Waals surface area contributed by atoms with Gasteiger partial charge in [-0.15, -0.1) is 0 Å². The Hall–Kier alpha value is -1.36. The smallest absolute Gasteiger partial charge is 0.234 e. The van der Waals surface area contributed by atoms with Gasteiger partial charge in [0.15, 0.2) is 0 Å². The predicted molar refractivity (Wildman–Crippen MR) is 64.9 cm³/mol. The Morgan fingerprint density at radius 3 is 2.88 bits per heavy atom. The molecule has 1 rings (SSSR count). The van der Waals surface area contributed by atoms with E-state index < -0.39 is 0 Å². The number of aromatic nitrogens is 2. The fourth-order valence-electron chi connectivity index (χ4n) is 1.26. The number of rotatable bonds is 8. The minimum absolute atomic E-state index is 0.569. The second-order valence-corrected chi connectivity index (χ2v) is 3.31. The van der Waals surface area contributed by atoms with Gasteiger partial charge >= 0.3 is 0 Å². The molecule has 0 atom stereocenters. The molecule has 0 saturated heterocycles. The Kier molecular flexibility index (Phi) is 6.25. The van der Waals surface area contributed by atoms with E-state index in [0.29, 0.717) is 12.5 Å². The van der Waals surface area contributed by atoms with E-state index in [1.165, 1.54) is 0 Å². The molecular weight excluding hydrogens is 204 g/mol. The van der Waals surface area contributed by atoms with Crippen molar-refractivity contribution in [2.45, 2.75) is 20.3 Å². The number of ether oxygens (including phenoxy) is 1. The summed E-state index contributed by atoms with van der Waals surface area (Å²) in [5.41, 5.74) is 0. The molecule has 0 spiro atoms. The zero-order valence-electron chi connectivity index (χ0n) is 9.99. The van der Waals surface area contributed by atoms with E-state index in [9.17, 15) is 0 Å². The molecule has 0 aliphatic heterocycles. The summed E-state index contributed by atoms with van der Waals surface area (Å²) in [5, 5.41) is 6.47. The SMILES string of the molecule is CCNCCCNc1cncc(OCC)n1. The Morgan fingerprint density at radius 1 is 1.25 bits per heavy atom. The molecule has 5 heteroatoms. The molecule has 0 aliphatic carbocycles. The summed E-state index contributed by atoms with van der Waals surface area (Å²) < 4.78 is 5.27. The quantitative estimate of drug-likeness (QED) is 0.652. The van der Waals surface area contributed by atoms with Gasteiger partial charge in [-0.2, -0.15) is 4.98 Å². The normalized spacial score (nSPS) is 10.1. The molecule has 0 fully saturated rings. The van der Waals surface area contributed by atoms with E-state index >= 15 is 0 Å². The van der Waals surface area contributed by atoms with E-state index in [1.807, 2.05) is 6.92 Å². The maximum absolute atomic E-state index is 5.27. The van der Waals surface area contributed by atoms with Gasteiger partial charge in [0.2, 0.25) is 5.88 Å². The summed E-state index contributed by atoms with van der Waals surface area (Å²) >= 11 is 0. The van der Waals surface area contributed by atoms with E-state index in [0.717, 1.165) is 31.9 Å². The molecule has 0 bridgehead atoms. The minimum Gasteiger partial charge on any atom is -0.477 e. The molecule has 1 aromatic rings. The lowest BCUT2D eigenvalue weighted by Crippen LogP contribution is -2.17. The van der Waals surface area contributed by atoms with E-state index in [1.54, 1.807) is 12.4 Å². The molecule has 5 nitrogen and oxygen atoms in total. The Labute approximate surface area is 96.6 Å². The van der Waals surface area contributed by atoms with Crippen LogP contribution in [0.4, 0.5) is 5.82 Å². The third-order valence-corrected chi connectivity index (χ3v) is 1.99. The topological polar surface area (TPSA) is 59.1 Å². The molecule has 16 heavy (non-hydrogen) atoms. The number of anilines is 1. The standard InChI is InChI=1S/C11H20N4O/c1-3-12-6-5-7-14-10-8-13-9-11(15-10)16-4-2/h8-9,12H,3-7H2,1-2H3,(H,14,15). The first-order chi connectivity index (χ1) is 7.86. The van der Waals surface area contributed by atoms with Gasteiger partial charge in [-0.3, -0.25) is 4.98 Å². The lowest BCUT2D eigenvalue weighted by atomic mass is 10.4. The fraction of sp³-hybridized carbons (Fsp3) is 0.636. The second-order valence-electron chi connectivity index (χ2n) is 3.31. The van der Waals surface area contributed by atoms with E-state index in [2.05, 4.69) is 27.5 Å². The highest BCUT2D eigenvalue weighted by molar-refractivity contribution is 5.32. The molecule has 0 radical (unpaired) electrons. The van der Waals surface area contributed by atoms with Crippen LogP contribution >= 0.6 is 0 Å². The zero-order valence-corrected chi connectivity index (χ0v) is 9.99. The lowest BCUT2D eigenvalue weighted by Gasteiger charge is -2.07. The third kappa shape index (κ3) is 4.93. The van der Waals surface area contributed by atoms with Crippen LogP contribution in [-0.2, 0) is 0 Å². The molecule has 0 aromatic carbocycles. The van der Waals surface area contributed by atoms with Gasteiger partial charge in [-0.05, 0) is 26.4 Å². The Bertz CT molecular complexity index is 293. The van der Waals surface area contributed by atoms with E-state index in [-0.39, 0.29) is 0 Å². The van der Waals surface area contributed by atoms with Crippen LogP contribution in [-0.4, -0.2) is 36.2 Å². The molecule has 0 aliphatic rings. The summed E-state index contributed by atoms with van der Waals surface area (Å²) in [4.78, 5) is 8.32. The van der Waals surface area contributed by atoms with Crippen molar-refractivity contribution in [3.63, 3.8) is 0 Å². The van der Waals surface area contributed by atoms with Gasteiger partial charge in [0.05, 0.1) is 19.0 Å². The van der Waals surface area contributed by atoms with Crippen LogP contribution < -0.4 is 15.4 Å². The van der Waals surface area contributed by atoms with Crippen molar-refractivity contribution >= 4 is 5.82 Å². The van der Waals surface area contributed by atoms with Crippen molar-refractivity contribution in [2.24, 2.45) is 0 Å². The average molecular weight is 224 g/mol. The molecule has 2 N–H and O–H groups in total. The molecule has 0 amide bonds. The van der Waals surface area contributed by atoms with Gasteiger partial charge < -0.3 is 15.4 Å². The summed E-state index contributed by atoms with van der Waals surface area (Å²) in [6.07, 6.45) is 4.39. The van der Waals surface area contributed by atoms with E-state index in [4.69, 9.17) is 4.74 Å². The summed E-state index contributed by atoms with van der Waals surface area (Å²) in [6, 6.07) is 0. The van der Waals surface area contributed by atoms with Crippen LogP contribution in [0.15, 0.2) is 12.4 Å². The number of nitrogens with one attached hydrogen (secondary N) is 2. The summed E-state index contributed by atoms with van der Waals surface area (Å²) in [6.45, 7) is 7.56. The predicted octanol–water partition coefficient (Wildman–Crippen LogP) is 1.29. The molecule has 1 aromatic heterocycles. The lowest BCUT2D eigenvalue weighted by molar-refractivity contribution is 0.325. The van der Waals surface area contributed by atoms with Crippen molar-refractivity contribution in [1.29, 1.82) is 0 Å². The summed E-state index contributed by atoms with van der Waals surface area (Å²) in [7, 11) is 0. The number of hydrogen-bond donors (Lipinski definition) is 2. The van der Waals surface area contributed by atoms with Crippen LogP contribution in [0.3, 0.4) is 0 Å². The third-order valence-electron chi connectivity index (χ3n) is 1.99. The largest absolute Gasteiger partial charge is 0.477 e. The first-order valence-corrected chi connectivity index (χ1v) is 5.76. The first-order valence-electron chi connectivity index (χ1n) is 5.76. The van der Waals surface area contributed by atoms with Crippen molar-refractivity contribution in [1.82, 2.24) is 15.3 Å². The second kappa shape index (κ2) is 7.87. The molecule has 90 valence electrons. The van der Waals surface area contributed by atoms with Crippen molar-refractivity contribution < 1.29 is 4.74 Å². The minimum atomic E-state index is 0.569. The molecule has 1 heterocycles. The maximum Gasteiger partial charge on any atom is 0.234 e. The first kappa shape index (κ1) is 12.7. The van der Waals surface area contributed by atoms with Gasteiger partial charge in [0.1, 0.15) is 5.82 Å². The van der Waals surface area contributed by atoms with Gasteiger partial charge in [0.25, 0.3) is 0 Å². The number of nitrogens with zero attached hydrogens (tertiary/aromatic N) is 2. The van der Waals surface area contributed by atoms with Crippen LogP contribution in [0.5, 0.6) is 5.88 Å². The van der Waals surface area contributed by atoms with Crippen molar-refractivity contribution in [3.05, 3.63) is 12.4 Å². The highest BCUT2D eigenvalue weighted by Crippen LogP contribution is 2.08. The Morgan fingerprint density at radius 2 is 2.12 bits per heavy atom.